The van der Waals surface area contributed by atoms with Gasteiger partial charge < -0.3 is 15.3 Å². The summed E-state index contributed by atoms with van der Waals surface area (Å²) in [5, 5.41) is 20.7. The third-order valence-corrected chi connectivity index (χ3v) is 4.53. The average Bonchev–Trinajstić information content (AvgIpc) is 2.95. The molecule has 0 unspecified atom stereocenters. The lowest BCUT2D eigenvalue weighted by molar-refractivity contribution is 0.0520. The SMILES string of the molecule is O=C(c1cn(C2CCNCC2)nn1)N(CCO)C1CCC1. The van der Waals surface area contributed by atoms with E-state index in [9.17, 15) is 4.79 Å². The van der Waals surface area contributed by atoms with Crippen molar-refractivity contribution in [1.82, 2.24) is 25.2 Å². The third kappa shape index (κ3) is 3.08. The molecule has 1 aromatic rings. The Morgan fingerprint density at radius 1 is 1.38 bits per heavy atom. The van der Waals surface area contributed by atoms with Gasteiger partial charge in [0.25, 0.3) is 5.91 Å². The first-order chi connectivity index (χ1) is 10.3. The van der Waals surface area contributed by atoms with Crippen molar-refractivity contribution >= 4 is 5.91 Å². The topological polar surface area (TPSA) is 83.3 Å². The highest BCUT2D eigenvalue weighted by molar-refractivity contribution is 5.92. The van der Waals surface area contributed by atoms with Gasteiger partial charge in [-0.15, -0.1) is 5.10 Å². The van der Waals surface area contributed by atoms with E-state index in [0.29, 0.717) is 18.3 Å². The van der Waals surface area contributed by atoms with Crippen molar-refractivity contribution < 1.29 is 9.90 Å². The van der Waals surface area contributed by atoms with Crippen LogP contribution in [0.25, 0.3) is 0 Å². The quantitative estimate of drug-likeness (QED) is 0.810. The van der Waals surface area contributed by atoms with Crippen LogP contribution in [0.2, 0.25) is 0 Å². The van der Waals surface area contributed by atoms with E-state index in [4.69, 9.17) is 5.11 Å². The number of hydrogen-bond acceptors (Lipinski definition) is 5. The molecule has 7 heteroatoms. The van der Waals surface area contributed by atoms with Gasteiger partial charge in [-0.25, -0.2) is 4.68 Å². The predicted molar refractivity (Wildman–Crippen MR) is 76.9 cm³/mol. The highest BCUT2D eigenvalue weighted by Crippen LogP contribution is 2.26. The molecule has 21 heavy (non-hydrogen) atoms. The second-order valence-electron chi connectivity index (χ2n) is 5.87. The summed E-state index contributed by atoms with van der Waals surface area (Å²) in [4.78, 5) is 14.3. The van der Waals surface area contributed by atoms with E-state index in [0.717, 1.165) is 45.2 Å². The van der Waals surface area contributed by atoms with Crippen LogP contribution in [-0.4, -0.2) is 63.2 Å². The number of carbonyl (C=O) groups is 1. The number of amides is 1. The highest BCUT2D eigenvalue weighted by atomic mass is 16.3. The summed E-state index contributed by atoms with van der Waals surface area (Å²) in [7, 11) is 0. The molecule has 1 aliphatic heterocycles. The minimum atomic E-state index is -0.103. The Hall–Kier alpha value is -1.47. The molecule has 1 aliphatic carbocycles. The summed E-state index contributed by atoms with van der Waals surface area (Å²) in [6.07, 6.45) is 6.99. The van der Waals surface area contributed by atoms with E-state index in [1.807, 2.05) is 4.68 Å². The van der Waals surface area contributed by atoms with Gasteiger partial charge in [-0.05, 0) is 45.2 Å². The first-order valence-electron chi connectivity index (χ1n) is 7.84. The highest BCUT2D eigenvalue weighted by Gasteiger charge is 2.30. The summed E-state index contributed by atoms with van der Waals surface area (Å²) in [5.41, 5.74) is 0.397. The molecular weight excluding hydrogens is 270 g/mol. The molecular formula is C14H23N5O2. The zero-order chi connectivity index (χ0) is 14.7. The fraction of sp³-hybridized carbons (Fsp3) is 0.786. The van der Waals surface area contributed by atoms with Crippen LogP contribution >= 0.6 is 0 Å². The van der Waals surface area contributed by atoms with Crippen LogP contribution in [0.4, 0.5) is 0 Å². The van der Waals surface area contributed by atoms with Crippen LogP contribution in [0, 0.1) is 0 Å². The Bertz CT molecular complexity index is 479. The number of nitrogens with zero attached hydrogens (tertiary/aromatic N) is 4. The molecule has 1 saturated heterocycles. The molecule has 2 aliphatic rings. The maximum Gasteiger partial charge on any atom is 0.276 e. The molecule has 1 aromatic heterocycles. The number of piperidine rings is 1. The molecule has 0 spiro atoms. The van der Waals surface area contributed by atoms with Crippen molar-refractivity contribution in [1.29, 1.82) is 0 Å². The van der Waals surface area contributed by atoms with Gasteiger partial charge in [0.05, 0.1) is 18.8 Å². The summed E-state index contributed by atoms with van der Waals surface area (Å²) >= 11 is 0. The molecule has 0 atom stereocenters. The molecule has 0 radical (unpaired) electrons. The Kier molecular flexibility index (Phi) is 4.50. The van der Waals surface area contributed by atoms with Gasteiger partial charge in [-0.2, -0.15) is 0 Å². The second kappa shape index (κ2) is 6.53. The Balaban J connectivity index is 1.69. The number of aliphatic hydroxyl groups excluding tert-OH is 1. The normalized spacial score (nSPS) is 20.2. The van der Waals surface area contributed by atoms with Crippen molar-refractivity contribution in [2.45, 2.75) is 44.2 Å². The van der Waals surface area contributed by atoms with Gasteiger partial charge in [0.15, 0.2) is 5.69 Å². The number of aliphatic hydroxyl groups is 1. The third-order valence-electron chi connectivity index (χ3n) is 4.53. The maximum absolute atomic E-state index is 12.6. The lowest BCUT2D eigenvalue weighted by Gasteiger charge is -2.36. The first kappa shape index (κ1) is 14.5. The molecule has 0 aromatic carbocycles. The van der Waals surface area contributed by atoms with Gasteiger partial charge in [0, 0.05) is 12.6 Å². The fourth-order valence-corrected chi connectivity index (χ4v) is 3.03. The van der Waals surface area contributed by atoms with Crippen LogP contribution in [0.5, 0.6) is 0 Å². The summed E-state index contributed by atoms with van der Waals surface area (Å²) in [5.74, 6) is -0.103. The molecule has 1 amide bonds. The Morgan fingerprint density at radius 3 is 2.76 bits per heavy atom. The second-order valence-corrected chi connectivity index (χ2v) is 5.87. The predicted octanol–water partition coefficient (Wildman–Crippen LogP) is 0.190. The van der Waals surface area contributed by atoms with Crippen LogP contribution < -0.4 is 5.32 Å². The molecule has 1 saturated carbocycles. The Morgan fingerprint density at radius 2 is 2.14 bits per heavy atom. The van der Waals surface area contributed by atoms with E-state index in [-0.39, 0.29) is 18.6 Å². The first-order valence-corrected chi connectivity index (χ1v) is 7.84. The van der Waals surface area contributed by atoms with E-state index >= 15 is 0 Å². The van der Waals surface area contributed by atoms with Crippen LogP contribution in [-0.2, 0) is 0 Å². The van der Waals surface area contributed by atoms with E-state index < -0.39 is 0 Å². The molecule has 0 bridgehead atoms. The number of hydrogen-bond donors (Lipinski definition) is 2. The van der Waals surface area contributed by atoms with E-state index in [1.165, 1.54) is 0 Å². The average molecular weight is 293 g/mol. The lowest BCUT2D eigenvalue weighted by Crippen LogP contribution is -2.45. The summed E-state index contributed by atoms with van der Waals surface area (Å²) in [6, 6.07) is 0.587. The fourth-order valence-electron chi connectivity index (χ4n) is 3.03. The lowest BCUT2D eigenvalue weighted by atomic mass is 9.91. The Labute approximate surface area is 124 Å². The van der Waals surface area contributed by atoms with Gasteiger partial charge in [0.1, 0.15) is 0 Å². The van der Waals surface area contributed by atoms with Crippen molar-refractivity contribution in [3.63, 3.8) is 0 Å². The van der Waals surface area contributed by atoms with Crippen LogP contribution in [0.1, 0.15) is 48.6 Å². The summed E-state index contributed by atoms with van der Waals surface area (Å²) < 4.78 is 1.83. The zero-order valence-electron chi connectivity index (χ0n) is 12.2. The van der Waals surface area contributed by atoms with E-state index in [2.05, 4.69) is 15.6 Å². The number of aromatic nitrogens is 3. The molecule has 2 fully saturated rings. The van der Waals surface area contributed by atoms with Crippen molar-refractivity contribution in [2.24, 2.45) is 0 Å². The number of carbonyl (C=O) groups excluding carboxylic acids is 1. The van der Waals surface area contributed by atoms with Crippen molar-refractivity contribution in [3.8, 4) is 0 Å². The van der Waals surface area contributed by atoms with E-state index in [1.54, 1.807) is 11.1 Å². The molecule has 7 nitrogen and oxygen atoms in total. The standard InChI is InChI=1S/C14H23N5O2/c20-9-8-18(11-2-1-3-11)14(21)13-10-19(17-16-13)12-4-6-15-7-5-12/h10-12,15,20H,1-9H2. The molecule has 2 N–H and O–H groups in total. The molecule has 2 heterocycles. The molecule has 116 valence electrons. The van der Waals surface area contributed by atoms with Crippen LogP contribution in [0.3, 0.4) is 0 Å². The smallest absolute Gasteiger partial charge is 0.276 e. The van der Waals surface area contributed by atoms with Gasteiger partial charge in [0.2, 0.25) is 0 Å². The van der Waals surface area contributed by atoms with Crippen LogP contribution in [0.15, 0.2) is 6.20 Å². The number of nitrogens with one attached hydrogen (secondary N) is 1. The van der Waals surface area contributed by atoms with Gasteiger partial charge in [-0.3, -0.25) is 4.79 Å². The minimum Gasteiger partial charge on any atom is -0.395 e. The van der Waals surface area contributed by atoms with Crippen molar-refractivity contribution in [3.05, 3.63) is 11.9 Å². The zero-order valence-corrected chi connectivity index (χ0v) is 12.2. The van der Waals surface area contributed by atoms with Crippen molar-refractivity contribution in [2.75, 3.05) is 26.2 Å². The van der Waals surface area contributed by atoms with Gasteiger partial charge in [-0.1, -0.05) is 5.21 Å². The van der Waals surface area contributed by atoms with Gasteiger partial charge >= 0.3 is 0 Å². The minimum absolute atomic E-state index is 0.00925. The largest absolute Gasteiger partial charge is 0.395 e. The number of rotatable bonds is 5. The maximum atomic E-state index is 12.6. The summed E-state index contributed by atoms with van der Waals surface area (Å²) in [6.45, 7) is 2.33. The molecule has 3 rings (SSSR count). The monoisotopic (exact) mass is 293 g/mol.